The number of alkyl halides is 6. The minimum absolute atomic E-state index is 0.0450. The second kappa shape index (κ2) is 17.1. The summed E-state index contributed by atoms with van der Waals surface area (Å²) in [5, 5.41) is 15.0. The van der Waals surface area contributed by atoms with E-state index in [0.717, 1.165) is 78.2 Å². The summed E-state index contributed by atoms with van der Waals surface area (Å²) < 4.78 is 91.9. The molecule has 0 aliphatic carbocycles. The Bertz CT molecular complexity index is 3880. The predicted octanol–water partition coefficient (Wildman–Crippen LogP) is 18.1. The van der Waals surface area contributed by atoms with Crippen molar-refractivity contribution in [3.8, 4) is 73.1 Å². The quantitative estimate of drug-likeness (QED) is 0.147. The Morgan fingerprint density at radius 1 is 0.319 bits per heavy atom. The first-order valence-corrected chi connectivity index (χ1v) is 23.2. The fraction of sp³-hybridized carbons (Fsp3) is 0.0317. The zero-order chi connectivity index (χ0) is 49.3. The first-order valence-electron chi connectivity index (χ1n) is 23.2. The van der Waals surface area contributed by atoms with E-state index >= 15 is 0 Å². The average Bonchev–Trinajstić information content (AvgIpc) is 3.93. The van der Waals surface area contributed by atoms with Crippen LogP contribution in [0.2, 0.25) is 0 Å². The number of aromatic nitrogens is 2. The molecule has 12 aromatic rings. The van der Waals surface area contributed by atoms with Gasteiger partial charge in [-0.15, -0.1) is 0 Å². The minimum atomic E-state index is -5.10. The number of benzene rings is 10. The van der Waals surface area contributed by atoms with Crippen LogP contribution < -0.4 is 0 Å². The molecule has 3 nitrogen and oxygen atoms in total. The maximum atomic E-state index is 14.7. The first-order chi connectivity index (χ1) is 35.0. The molecular formula is C63H37F6N3. The molecule has 10 aromatic carbocycles. The van der Waals surface area contributed by atoms with Crippen molar-refractivity contribution >= 4 is 43.6 Å². The van der Waals surface area contributed by atoms with Crippen LogP contribution in [0.5, 0.6) is 0 Å². The summed E-state index contributed by atoms with van der Waals surface area (Å²) in [4.78, 5) is 0. The Balaban J connectivity index is 1.21. The normalized spacial score (nSPS) is 12.0. The van der Waals surface area contributed by atoms with Crippen molar-refractivity contribution in [1.82, 2.24) is 9.13 Å². The van der Waals surface area contributed by atoms with Crippen LogP contribution in [0.3, 0.4) is 0 Å². The molecule has 0 spiro atoms. The zero-order valence-corrected chi connectivity index (χ0v) is 38.0. The van der Waals surface area contributed by atoms with Crippen LogP contribution in [-0.4, -0.2) is 9.13 Å². The Labute approximate surface area is 409 Å². The van der Waals surface area contributed by atoms with E-state index in [1.54, 1.807) is 12.1 Å². The molecule has 0 unspecified atom stereocenters. The highest BCUT2D eigenvalue weighted by Gasteiger charge is 2.37. The lowest BCUT2D eigenvalue weighted by Gasteiger charge is -2.20. The Hall–Kier alpha value is -9.13. The molecule has 0 amide bonds. The van der Waals surface area contributed by atoms with E-state index in [0.29, 0.717) is 22.1 Å². The number of halogens is 6. The Kier molecular flexibility index (Phi) is 10.5. The monoisotopic (exact) mass is 949 g/mol. The third-order valence-corrected chi connectivity index (χ3v) is 13.6. The predicted molar refractivity (Wildman–Crippen MR) is 277 cm³/mol. The van der Waals surface area contributed by atoms with Crippen LogP contribution in [0.4, 0.5) is 26.3 Å². The molecule has 0 saturated heterocycles. The summed E-state index contributed by atoms with van der Waals surface area (Å²) in [6.07, 6.45) is -10.2. The van der Waals surface area contributed by atoms with Gasteiger partial charge in [0.25, 0.3) is 0 Å². The van der Waals surface area contributed by atoms with E-state index < -0.39 is 23.5 Å². The van der Waals surface area contributed by atoms with E-state index in [4.69, 9.17) is 0 Å². The highest BCUT2D eigenvalue weighted by atomic mass is 19.4. The number of hydrogen-bond acceptors (Lipinski definition) is 1. The van der Waals surface area contributed by atoms with E-state index in [2.05, 4.69) is 30.3 Å². The molecule has 9 heteroatoms. The van der Waals surface area contributed by atoms with Crippen LogP contribution in [0, 0.1) is 11.3 Å². The number of fused-ring (bicyclic) bond motifs is 6. The second-order valence-corrected chi connectivity index (χ2v) is 17.7. The largest absolute Gasteiger partial charge is 0.416 e. The van der Waals surface area contributed by atoms with Gasteiger partial charge in [0.1, 0.15) is 11.6 Å². The second-order valence-electron chi connectivity index (χ2n) is 17.7. The smallest absolute Gasteiger partial charge is 0.308 e. The fourth-order valence-electron chi connectivity index (χ4n) is 10.5. The van der Waals surface area contributed by atoms with Crippen LogP contribution in [-0.2, 0) is 12.4 Å². The summed E-state index contributed by atoms with van der Waals surface area (Å²) in [5.74, 6) is 0. The van der Waals surface area contributed by atoms with E-state index in [-0.39, 0.29) is 34.1 Å². The molecule has 2 heterocycles. The standard InChI is InChI=1S/C63H37F6N3/c64-62(65,66)43-33-41(34-44(37-43)63(67,68)69)42-35-58(71-54-29-13-11-25-51(54)60-49(27-15-31-56(60)71)47-23-9-7-21-45(47)39-17-3-1-4-18-39)53(38-70)59(36-42)72-55-30-14-12-26-52(55)61-50(28-16-32-57(61)72)48-24-10-8-22-46(48)40-19-5-2-6-20-40/h1-37H. The summed E-state index contributed by atoms with van der Waals surface area (Å²) >= 11 is 0. The van der Waals surface area contributed by atoms with Gasteiger partial charge in [-0.05, 0) is 110 Å². The molecule has 0 bridgehead atoms. The number of rotatable bonds is 7. The van der Waals surface area contributed by atoms with Gasteiger partial charge in [0, 0.05) is 21.5 Å². The lowest BCUT2D eigenvalue weighted by Crippen LogP contribution is -2.11. The highest BCUT2D eigenvalue weighted by molar-refractivity contribution is 6.18. The van der Waals surface area contributed by atoms with Crippen molar-refractivity contribution in [2.45, 2.75) is 12.4 Å². The van der Waals surface area contributed by atoms with E-state index in [1.165, 1.54) is 0 Å². The lowest BCUT2D eigenvalue weighted by molar-refractivity contribution is -0.143. The average molecular weight is 950 g/mol. The van der Waals surface area contributed by atoms with E-state index in [1.807, 2.05) is 179 Å². The van der Waals surface area contributed by atoms with Gasteiger partial charge < -0.3 is 9.13 Å². The minimum Gasteiger partial charge on any atom is -0.308 e. The molecule has 12 rings (SSSR count). The molecular weight excluding hydrogens is 913 g/mol. The Morgan fingerprint density at radius 2 is 0.667 bits per heavy atom. The Morgan fingerprint density at radius 3 is 1.08 bits per heavy atom. The molecule has 0 radical (unpaired) electrons. The maximum Gasteiger partial charge on any atom is 0.416 e. The molecule has 0 aliphatic rings. The lowest BCUT2D eigenvalue weighted by atomic mass is 9.92. The number of hydrogen-bond donors (Lipinski definition) is 0. The van der Waals surface area contributed by atoms with Crippen LogP contribution in [0.1, 0.15) is 16.7 Å². The number of nitrogens with zero attached hydrogens (tertiary/aromatic N) is 3. The summed E-state index contributed by atoms with van der Waals surface area (Å²) in [6.45, 7) is 0. The van der Waals surface area contributed by atoms with Gasteiger partial charge in [0.05, 0.1) is 44.6 Å². The topological polar surface area (TPSA) is 33.6 Å². The molecule has 0 aliphatic heterocycles. The van der Waals surface area contributed by atoms with Gasteiger partial charge in [-0.2, -0.15) is 31.6 Å². The van der Waals surface area contributed by atoms with Crippen molar-refractivity contribution in [3.63, 3.8) is 0 Å². The van der Waals surface area contributed by atoms with Gasteiger partial charge in [-0.3, -0.25) is 0 Å². The number of nitriles is 1. The van der Waals surface area contributed by atoms with Crippen molar-refractivity contribution < 1.29 is 26.3 Å². The van der Waals surface area contributed by atoms with Gasteiger partial charge in [0.15, 0.2) is 0 Å². The number of para-hydroxylation sites is 2. The van der Waals surface area contributed by atoms with Crippen molar-refractivity contribution in [3.05, 3.63) is 241 Å². The molecule has 2 aromatic heterocycles. The summed E-state index contributed by atoms with van der Waals surface area (Å²) in [6, 6.07) is 70.6. The van der Waals surface area contributed by atoms with E-state index in [9.17, 15) is 31.6 Å². The first kappa shape index (κ1) is 44.1. The van der Waals surface area contributed by atoms with Crippen LogP contribution in [0.25, 0.3) is 111 Å². The fourth-order valence-corrected chi connectivity index (χ4v) is 10.5. The summed E-state index contributed by atoms with van der Waals surface area (Å²) in [7, 11) is 0. The van der Waals surface area contributed by atoms with Crippen LogP contribution >= 0.6 is 0 Å². The van der Waals surface area contributed by atoms with Gasteiger partial charge in [0.2, 0.25) is 0 Å². The molecule has 72 heavy (non-hydrogen) atoms. The van der Waals surface area contributed by atoms with Gasteiger partial charge >= 0.3 is 12.4 Å². The molecule has 0 fully saturated rings. The molecule has 0 atom stereocenters. The van der Waals surface area contributed by atoms with Crippen molar-refractivity contribution in [2.24, 2.45) is 0 Å². The van der Waals surface area contributed by atoms with Crippen LogP contribution in [0.15, 0.2) is 224 Å². The SMILES string of the molecule is N#Cc1c(-n2c3ccccc3c3c(-c4ccccc4-c4ccccc4)cccc32)cc(-c2cc(C(F)(F)F)cc(C(F)(F)F)c2)cc1-n1c2ccccc2c2c(-c3ccccc3-c3ccccc3)cccc21. The third-order valence-electron chi connectivity index (χ3n) is 13.6. The van der Waals surface area contributed by atoms with Crippen molar-refractivity contribution in [1.29, 1.82) is 5.26 Å². The maximum absolute atomic E-state index is 14.7. The molecule has 0 saturated carbocycles. The van der Waals surface area contributed by atoms with Gasteiger partial charge in [-0.25, -0.2) is 0 Å². The zero-order valence-electron chi connectivity index (χ0n) is 38.0. The third kappa shape index (κ3) is 7.30. The molecule has 0 N–H and O–H groups in total. The van der Waals surface area contributed by atoms with Gasteiger partial charge in [-0.1, -0.05) is 170 Å². The van der Waals surface area contributed by atoms with Crippen molar-refractivity contribution in [2.75, 3.05) is 0 Å². The highest BCUT2D eigenvalue weighted by Crippen LogP contribution is 2.47. The summed E-state index contributed by atoms with van der Waals surface area (Å²) in [5.41, 5.74) is 7.94. The molecule has 346 valence electrons.